The van der Waals surface area contributed by atoms with E-state index in [1.54, 1.807) is 23.3 Å². The Morgan fingerprint density at radius 2 is 2.09 bits per heavy atom. The van der Waals surface area contributed by atoms with Crippen molar-refractivity contribution in [3.63, 3.8) is 0 Å². The Morgan fingerprint density at radius 3 is 2.64 bits per heavy atom. The van der Waals surface area contributed by atoms with E-state index in [1.807, 2.05) is 16.8 Å². The molecule has 1 heterocycles. The zero-order valence-electron chi connectivity index (χ0n) is 12.0. The molecule has 0 radical (unpaired) electrons. The van der Waals surface area contributed by atoms with Crippen LogP contribution in [0.25, 0.3) is 0 Å². The Hall–Kier alpha value is -1.97. The first-order valence-electron chi connectivity index (χ1n) is 6.29. The number of benzene rings is 1. The summed E-state index contributed by atoms with van der Waals surface area (Å²) in [5.41, 5.74) is 1.16. The maximum atomic E-state index is 11.8. The third kappa shape index (κ3) is 3.43. The number of rotatable bonds is 6. The molecule has 0 amide bonds. The van der Waals surface area contributed by atoms with Crippen molar-refractivity contribution < 1.29 is 13.3 Å². The van der Waals surface area contributed by atoms with Crippen LogP contribution in [0.2, 0.25) is 0 Å². The first kappa shape index (κ1) is 16.4. The Labute approximate surface area is 132 Å². The average molecular weight is 341 g/mol. The molecule has 22 heavy (non-hydrogen) atoms. The summed E-state index contributed by atoms with van der Waals surface area (Å²) in [5, 5.41) is 15.2. The van der Waals surface area contributed by atoms with Crippen LogP contribution in [0.5, 0.6) is 0 Å². The SMILES string of the molecule is CNS(=O)(=O)c1ccc(N(C)Cc2ccsc2)c([N+](=O)[O-])c1. The molecule has 0 unspecified atom stereocenters. The molecule has 0 aliphatic heterocycles. The van der Waals surface area contributed by atoms with Crippen molar-refractivity contribution in [3.05, 3.63) is 50.7 Å². The summed E-state index contributed by atoms with van der Waals surface area (Å²) >= 11 is 1.55. The van der Waals surface area contributed by atoms with Gasteiger partial charge in [-0.1, -0.05) is 0 Å². The predicted octanol–water partition coefficient (Wildman–Crippen LogP) is 2.20. The molecule has 1 N–H and O–H groups in total. The second-order valence-corrected chi connectivity index (χ2v) is 7.27. The molecule has 2 aromatic rings. The van der Waals surface area contributed by atoms with Crippen LogP contribution in [0, 0.1) is 10.1 Å². The molecule has 9 heteroatoms. The molecule has 0 saturated heterocycles. The lowest BCUT2D eigenvalue weighted by molar-refractivity contribution is -0.384. The normalized spacial score (nSPS) is 11.4. The first-order valence-corrected chi connectivity index (χ1v) is 8.72. The highest BCUT2D eigenvalue weighted by atomic mass is 32.2. The molecule has 0 aliphatic rings. The molecule has 118 valence electrons. The zero-order chi connectivity index (χ0) is 16.3. The highest BCUT2D eigenvalue weighted by molar-refractivity contribution is 7.89. The summed E-state index contributed by atoms with van der Waals surface area (Å²) in [6.45, 7) is 0.502. The molecule has 1 aromatic heterocycles. The van der Waals surface area contributed by atoms with Crippen LogP contribution in [-0.2, 0) is 16.6 Å². The third-order valence-electron chi connectivity index (χ3n) is 3.13. The molecule has 0 atom stereocenters. The van der Waals surface area contributed by atoms with Gasteiger partial charge in [-0.2, -0.15) is 11.3 Å². The van der Waals surface area contributed by atoms with E-state index in [2.05, 4.69) is 4.72 Å². The predicted molar refractivity (Wildman–Crippen MR) is 85.8 cm³/mol. The molecule has 0 fully saturated rings. The minimum atomic E-state index is -3.72. The number of hydrogen-bond donors (Lipinski definition) is 1. The largest absolute Gasteiger partial charge is 0.365 e. The van der Waals surface area contributed by atoms with Crippen LogP contribution in [-0.4, -0.2) is 27.4 Å². The number of hydrogen-bond acceptors (Lipinski definition) is 6. The molecule has 0 aliphatic carbocycles. The van der Waals surface area contributed by atoms with Crippen LogP contribution >= 0.6 is 11.3 Å². The van der Waals surface area contributed by atoms with Crippen LogP contribution in [0.3, 0.4) is 0 Å². The Kier molecular flexibility index (Phi) is 4.79. The number of nitrogens with one attached hydrogen (secondary N) is 1. The summed E-state index contributed by atoms with van der Waals surface area (Å²) in [4.78, 5) is 12.3. The van der Waals surface area contributed by atoms with Gasteiger partial charge in [0.2, 0.25) is 10.0 Å². The fraction of sp³-hybridized carbons (Fsp3) is 0.231. The second kappa shape index (κ2) is 6.42. The van der Waals surface area contributed by atoms with Crippen molar-refractivity contribution in [1.29, 1.82) is 0 Å². The highest BCUT2D eigenvalue weighted by Gasteiger charge is 2.22. The van der Waals surface area contributed by atoms with Crippen LogP contribution < -0.4 is 9.62 Å². The number of nitro benzene ring substituents is 1. The van der Waals surface area contributed by atoms with Crippen LogP contribution in [0.1, 0.15) is 5.56 Å². The van der Waals surface area contributed by atoms with Crippen LogP contribution in [0.4, 0.5) is 11.4 Å². The van der Waals surface area contributed by atoms with Gasteiger partial charge >= 0.3 is 0 Å². The Bertz CT molecular complexity index is 773. The van der Waals surface area contributed by atoms with E-state index in [9.17, 15) is 18.5 Å². The molecule has 1 aromatic carbocycles. The Morgan fingerprint density at radius 1 is 1.36 bits per heavy atom. The van der Waals surface area contributed by atoms with Gasteiger partial charge in [-0.15, -0.1) is 0 Å². The first-order chi connectivity index (χ1) is 10.3. The Balaban J connectivity index is 2.41. The van der Waals surface area contributed by atoms with Gasteiger partial charge in [0.1, 0.15) is 5.69 Å². The molecule has 0 saturated carbocycles. The average Bonchev–Trinajstić information content (AvgIpc) is 2.99. The molecular weight excluding hydrogens is 326 g/mol. The maximum absolute atomic E-state index is 11.8. The van der Waals surface area contributed by atoms with Gasteiger partial charge in [0.25, 0.3) is 5.69 Å². The number of anilines is 1. The minimum absolute atomic E-state index is 0.130. The van der Waals surface area contributed by atoms with Gasteiger partial charge in [0.05, 0.1) is 9.82 Å². The summed E-state index contributed by atoms with van der Waals surface area (Å²) in [7, 11) is -0.728. The maximum Gasteiger partial charge on any atom is 0.293 e. The molecule has 0 bridgehead atoms. The lowest BCUT2D eigenvalue weighted by Crippen LogP contribution is -2.20. The smallest absolute Gasteiger partial charge is 0.293 e. The molecular formula is C13H15N3O4S2. The van der Waals surface area contributed by atoms with Gasteiger partial charge in [-0.3, -0.25) is 10.1 Å². The van der Waals surface area contributed by atoms with E-state index in [0.29, 0.717) is 12.2 Å². The number of sulfonamides is 1. The topological polar surface area (TPSA) is 92.6 Å². The second-order valence-electron chi connectivity index (χ2n) is 4.60. The van der Waals surface area contributed by atoms with Crippen LogP contribution in [0.15, 0.2) is 39.9 Å². The van der Waals surface area contributed by atoms with Crippen molar-refractivity contribution in [2.24, 2.45) is 0 Å². The van der Waals surface area contributed by atoms with Crippen molar-refractivity contribution in [1.82, 2.24) is 4.72 Å². The van der Waals surface area contributed by atoms with Gasteiger partial charge in [0, 0.05) is 19.7 Å². The fourth-order valence-corrected chi connectivity index (χ4v) is 3.41. The standard InChI is InChI=1S/C13H15N3O4S2/c1-14-22(19,20)11-3-4-12(13(7-11)16(17)18)15(2)8-10-5-6-21-9-10/h3-7,9,14H,8H2,1-2H3. The third-order valence-corrected chi connectivity index (χ3v) is 5.28. The minimum Gasteiger partial charge on any atom is -0.365 e. The lowest BCUT2D eigenvalue weighted by atomic mass is 10.2. The van der Waals surface area contributed by atoms with Gasteiger partial charge in [-0.05, 0) is 41.6 Å². The summed E-state index contributed by atoms with van der Waals surface area (Å²) < 4.78 is 25.7. The van der Waals surface area contributed by atoms with E-state index >= 15 is 0 Å². The number of nitrogens with zero attached hydrogens (tertiary/aromatic N) is 2. The van der Waals surface area contributed by atoms with Crippen molar-refractivity contribution >= 4 is 32.7 Å². The van der Waals surface area contributed by atoms with E-state index in [1.165, 1.54) is 19.2 Å². The van der Waals surface area contributed by atoms with Crippen molar-refractivity contribution in [2.75, 3.05) is 19.0 Å². The van der Waals surface area contributed by atoms with E-state index in [0.717, 1.165) is 11.6 Å². The van der Waals surface area contributed by atoms with Gasteiger partial charge < -0.3 is 4.90 Å². The van der Waals surface area contributed by atoms with Crippen molar-refractivity contribution in [3.8, 4) is 0 Å². The monoisotopic (exact) mass is 341 g/mol. The van der Waals surface area contributed by atoms with Crippen molar-refractivity contribution in [2.45, 2.75) is 11.4 Å². The highest BCUT2D eigenvalue weighted by Crippen LogP contribution is 2.31. The quantitative estimate of drug-likeness (QED) is 0.642. The zero-order valence-corrected chi connectivity index (χ0v) is 13.6. The fourth-order valence-electron chi connectivity index (χ4n) is 2.00. The van der Waals surface area contributed by atoms with Gasteiger partial charge in [0.15, 0.2) is 0 Å². The number of nitro groups is 1. The molecule has 7 nitrogen and oxygen atoms in total. The van der Waals surface area contributed by atoms with E-state index in [4.69, 9.17) is 0 Å². The lowest BCUT2D eigenvalue weighted by Gasteiger charge is -2.19. The summed E-state index contributed by atoms with van der Waals surface area (Å²) in [5.74, 6) is 0. The molecule has 0 spiro atoms. The van der Waals surface area contributed by atoms with Gasteiger partial charge in [-0.25, -0.2) is 13.1 Å². The summed E-state index contributed by atoms with van der Waals surface area (Å²) in [6, 6.07) is 5.82. The van der Waals surface area contributed by atoms with E-state index in [-0.39, 0.29) is 10.6 Å². The summed E-state index contributed by atoms with van der Waals surface area (Å²) in [6.07, 6.45) is 0. The number of thiophene rings is 1. The van der Waals surface area contributed by atoms with E-state index < -0.39 is 14.9 Å². The molecule has 2 rings (SSSR count).